The van der Waals surface area contributed by atoms with E-state index in [0.717, 1.165) is 0 Å². The molecule has 0 N–H and O–H groups in total. The molecule has 0 unspecified atom stereocenters. The Morgan fingerprint density at radius 3 is 2.79 bits per heavy atom. The molecule has 0 aliphatic heterocycles. The average molecular weight is 186 g/mol. The van der Waals surface area contributed by atoms with Gasteiger partial charge in [0.05, 0.1) is 18.2 Å². The fourth-order valence-electron chi connectivity index (χ4n) is 1.10. The fraction of sp³-hybridized carbons (Fsp3) is 0.0909. The number of nitrogens with zero attached hydrogens (tertiary/aromatic N) is 1. The van der Waals surface area contributed by atoms with Crippen LogP contribution < -0.4 is 0 Å². The Labute approximate surface area is 82.2 Å². The normalized spacial score (nSPS) is 8.86. The van der Waals surface area contributed by atoms with Gasteiger partial charge in [-0.25, -0.2) is 4.79 Å². The number of nitriles is 1. The van der Waals surface area contributed by atoms with E-state index in [1.54, 1.807) is 12.1 Å². The highest BCUT2D eigenvalue weighted by Gasteiger charge is 2.13. The zero-order valence-corrected chi connectivity index (χ0v) is 7.70. The summed E-state index contributed by atoms with van der Waals surface area (Å²) in [6, 6.07) is 6.78. The molecule has 0 heterocycles. The van der Waals surface area contributed by atoms with Crippen LogP contribution in [0.25, 0.3) is 0 Å². The Balaban J connectivity index is 3.38. The highest BCUT2D eigenvalue weighted by molar-refractivity contribution is 5.92. The summed E-state index contributed by atoms with van der Waals surface area (Å²) in [7, 11) is 1.27. The molecule has 3 nitrogen and oxygen atoms in total. The second kappa shape index (κ2) is 4.24. The minimum absolute atomic E-state index is 0.239. The van der Waals surface area contributed by atoms with E-state index in [4.69, 9.17) is 5.26 Å². The van der Waals surface area contributed by atoms with Gasteiger partial charge in [-0.3, -0.25) is 0 Å². The minimum Gasteiger partial charge on any atom is -0.465 e. The number of ether oxygens (including phenoxy) is 1. The van der Waals surface area contributed by atoms with E-state index >= 15 is 0 Å². The van der Waals surface area contributed by atoms with E-state index in [0.29, 0.717) is 5.56 Å². The molecule has 0 fully saturated rings. The molecule has 14 heavy (non-hydrogen) atoms. The molecule has 1 aromatic rings. The molecule has 0 saturated heterocycles. The summed E-state index contributed by atoms with van der Waals surface area (Å²) >= 11 is 0. The summed E-state index contributed by atoms with van der Waals surface area (Å²) in [4.78, 5) is 11.2. The summed E-state index contributed by atoms with van der Waals surface area (Å²) in [5.41, 5.74) is 0.994. The van der Waals surface area contributed by atoms with Crippen LogP contribution in [0.3, 0.4) is 0 Å². The largest absolute Gasteiger partial charge is 0.465 e. The first-order chi connectivity index (χ1) is 6.74. The molecule has 0 amide bonds. The lowest BCUT2D eigenvalue weighted by molar-refractivity contribution is 0.0600. The standard InChI is InChI=1S/C11H8NO2/c1-3-8-5-4-6-9(10(8)7-12)11(13)14-2/h4-6H,1H2,2H3. The first kappa shape index (κ1) is 10.0. The van der Waals surface area contributed by atoms with Gasteiger partial charge in [-0.1, -0.05) is 18.7 Å². The van der Waals surface area contributed by atoms with Crippen molar-refractivity contribution in [3.05, 3.63) is 47.5 Å². The van der Waals surface area contributed by atoms with E-state index in [9.17, 15) is 4.79 Å². The maximum absolute atomic E-state index is 11.2. The predicted octanol–water partition coefficient (Wildman–Crippen LogP) is 1.68. The first-order valence-corrected chi connectivity index (χ1v) is 3.89. The maximum atomic E-state index is 11.2. The molecule has 0 aliphatic carbocycles. The van der Waals surface area contributed by atoms with Crippen LogP contribution >= 0.6 is 0 Å². The molecule has 1 rings (SSSR count). The van der Waals surface area contributed by atoms with Gasteiger partial charge in [-0.05, 0) is 12.1 Å². The summed E-state index contributed by atoms with van der Waals surface area (Å²) in [5, 5.41) is 8.85. The third kappa shape index (κ3) is 1.64. The first-order valence-electron chi connectivity index (χ1n) is 3.89. The lowest BCUT2D eigenvalue weighted by Crippen LogP contribution is -2.05. The zero-order chi connectivity index (χ0) is 10.6. The van der Waals surface area contributed by atoms with E-state index in [-0.39, 0.29) is 11.1 Å². The third-order valence-corrected chi connectivity index (χ3v) is 1.77. The lowest BCUT2D eigenvalue weighted by Gasteiger charge is -2.03. The van der Waals surface area contributed by atoms with Crippen molar-refractivity contribution in [2.24, 2.45) is 0 Å². The average Bonchev–Trinajstić information content (AvgIpc) is 2.26. The van der Waals surface area contributed by atoms with Crippen LogP contribution in [-0.4, -0.2) is 13.1 Å². The van der Waals surface area contributed by atoms with Gasteiger partial charge in [0.1, 0.15) is 6.07 Å². The predicted molar refractivity (Wildman–Crippen MR) is 50.5 cm³/mol. The molecule has 0 aliphatic rings. The van der Waals surface area contributed by atoms with E-state index in [1.807, 2.05) is 6.07 Å². The van der Waals surface area contributed by atoms with Crippen LogP contribution in [0, 0.1) is 17.4 Å². The summed E-state index contributed by atoms with van der Waals surface area (Å²) in [6.07, 6.45) is 2.59. The van der Waals surface area contributed by atoms with Gasteiger partial charge in [0, 0.05) is 5.56 Å². The Kier molecular flexibility index (Phi) is 3.03. The van der Waals surface area contributed by atoms with E-state index < -0.39 is 5.97 Å². The van der Waals surface area contributed by atoms with Gasteiger partial charge in [-0.2, -0.15) is 5.26 Å². The van der Waals surface area contributed by atoms with Gasteiger partial charge < -0.3 is 4.74 Å². The summed E-state index contributed by atoms with van der Waals surface area (Å²) in [5.74, 6) is -0.529. The Morgan fingerprint density at radius 1 is 1.57 bits per heavy atom. The number of carbonyl (C=O) groups excluding carboxylic acids is 1. The molecule has 3 heteroatoms. The van der Waals surface area contributed by atoms with Crippen molar-refractivity contribution in [2.75, 3.05) is 7.11 Å². The van der Waals surface area contributed by atoms with Gasteiger partial charge in [-0.15, -0.1) is 0 Å². The highest BCUT2D eigenvalue weighted by Crippen LogP contribution is 2.14. The van der Waals surface area contributed by atoms with Crippen molar-refractivity contribution in [2.45, 2.75) is 0 Å². The van der Waals surface area contributed by atoms with Gasteiger partial charge in [0.15, 0.2) is 0 Å². The Hall–Kier alpha value is -2.08. The number of methoxy groups -OCH3 is 1. The highest BCUT2D eigenvalue weighted by atomic mass is 16.5. The fourth-order valence-corrected chi connectivity index (χ4v) is 1.10. The van der Waals surface area contributed by atoms with E-state index in [2.05, 4.69) is 17.4 Å². The van der Waals surface area contributed by atoms with Gasteiger partial charge in [0.25, 0.3) is 0 Å². The van der Waals surface area contributed by atoms with Crippen LogP contribution in [0.1, 0.15) is 21.5 Å². The lowest BCUT2D eigenvalue weighted by atomic mass is 10.0. The molecule has 69 valence electrons. The van der Waals surface area contributed by atoms with E-state index in [1.165, 1.54) is 13.2 Å². The maximum Gasteiger partial charge on any atom is 0.339 e. The number of hydrogen-bond acceptors (Lipinski definition) is 3. The molecular weight excluding hydrogens is 178 g/mol. The number of carbonyl (C=O) groups is 1. The van der Waals surface area contributed by atoms with Crippen molar-refractivity contribution in [1.29, 1.82) is 5.26 Å². The van der Waals surface area contributed by atoms with Crippen LogP contribution in [-0.2, 0) is 4.74 Å². The Bertz CT molecular complexity index is 416. The Morgan fingerprint density at radius 2 is 2.29 bits per heavy atom. The molecule has 0 spiro atoms. The number of benzene rings is 1. The number of rotatable bonds is 2. The van der Waals surface area contributed by atoms with Crippen molar-refractivity contribution in [3.8, 4) is 6.07 Å². The zero-order valence-electron chi connectivity index (χ0n) is 7.70. The van der Waals surface area contributed by atoms with Crippen molar-refractivity contribution < 1.29 is 9.53 Å². The SMILES string of the molecule is C=[C]c1cccc(C(=O)OC)c1C#N. The van der Waals surface area contributed by atoms with Crippen molar-refractivity contribution >= 4 is 5.97 Å². The molecule has 0 bridgehead atoms. The molecule has 0 aromatic heterocycles. The summed E-state index contributed by atoms with van der Waals surface area (Å²) < 4.78 is 4.54. The number of esters is 1. The van der Waals surface area contributed by atoms with Crippen molar-refractivity contribution in [3.63, 3.8) is 0 Å². The third-order valence-electron chi connectivity index (χ3n) is 1.77. The monoisotopic (exact) mass is 186 g/mol. The second-order valence-corrected chi connectivity index (χ2v) is 2.51. The topological polar surface area (TPSA) is 50.1 Å². The van der Waals surface area contributed by atoms with Crippen molar-refractivity contribution in [1.82, 2.24) is 0 Å². The molecule has 0 atom stereocenters. The second-order valence-electron chi connectivity index (χ2n) is 2.51. The minimum atomic E-state index is -0.529. The van der Waals surface area contributed by atoms with Gasteiger partial charge >= 0.3 is 5.97 Å². The van der Waals surface area contributed by atoms with Crippen LogP contribution in [0.4, 0.5) is 0 Å². The van der Waals surface area contributed by atoms with Crippen LogP contribution in [0.2, 0.25) is 0 Å². The molecular formula is C11H8NO2. The smallest absolute Gasteiger partial charge is 0.339 e. The molecule has 0 saturated carbocycles. The van der Waals surface area contributed by atoms with Crippen LogP contribution in [0.15, 0.2) is 24.8 Å². The number of hydrogen-bond donors (Lipinski definition) is 0. The molecule has 1 radical (unpaired) electrons. The summed E-state index contributed by atoms with van der Waals surface area (Å²) in [6.45, 7) is 3.44. The van der Waals surface area contributed by atoms with Crippen LogP contribution in [0.5, 0.6) is 0 Å². The molecule has 1 aromatic carbocycles. The quantitative estimate of drug-likeness (QED) is 0.660. The van der Waals surface area contributed by atoms with Gasteiger partial charge in [0.2, 0.25) is 0 Å².